The molecule has 1 aromatic rings. The van der Waals surface area contributed by atoms with Crippen molar-refractivity contribution in [2.45, 2.75) is 33.7 Å². The molecule has 1 atom stereocenters. The molecule has 0 saturated heterocycles. The lowest BCUT2D eigenvalue weighted by molar-refractivity contribution is 0.339. The van der Waals surface area contributed by atoms with Gasteiger partial charge in [0.05, 0.1) is 16.8 Å². The van der Waals surface area contributed by atoms with E-state index < -0.39 is 0 Å². The van der Waals surface area contributed by atoms with Crippen LogP contribution in [0.3, 0.4) is 0 Å². The number of hydrogen-bond acceptors (Lipinski definition) is 2. The summed E-state index contributed by atoms with van der Waals surface area (Å²) in [6.45, 7) is 9.10. The van der Waals surface area contributed by atoms with Crippen molar-refractivity contribution in [2.24, 2.45) is 5.92 Å². The third-order valence-corrected chi connectivity index (χ3v) is 3.49. The Morgan fingerprint density at radius 2 is 2.00 bits per heavy atom. The smallest absolute Gasteiger partial charge is 0.156 e. The highest BCUT2D eigenvalue weighted by Crippen LogP contribution is 2.37. The molecule has 0 saturated carbocycles. The van der Waals surface area contributed by atoms with Crippen LogP contribution in [0.5, 0.6) is 5.75 Å². The second kappa shape index (κ2) is 6.50. The Morgan fingerprint density at radius 1 is 1.35 bits per heavy atom. The fraction of sp³-hybridized carbons (Fsp3) is 0.538. The zero-order valence-corrected chi connectivity index (χ0v) is 13.0. The van der Waals surface area contributed by atoms with E-state index in [0.29, 0.717) is 23.6 Å². The molecule has 0 heterocycles. The first-order valence-electron chi connectivity index (χ1n) is 5.84. The highest BCUT2D eigenvalue weighted by Gasteiger charge is 2.14. The van der Waals surface area contributed by atoms with Crippen LogP contribution in [0.2, 0.25) is 5.02 Å². The van der Waals surface area contributed by atoms with Crippen LogP contribution < -0.4 is 10.1 Å². The first-order chi connectivity index (χ1) is 7.95. The molecule has 0 aromatic heterocycles. The van der Waals surface area contributed by atoms with Crippen LogP contribution in [0, 0.1) is 5.92 Å². The second-order valence-electron chi connectivity index (χ2n) is 4.37. The fourth-order valence-electron chi connectivity index (χ4n) is 1.37. The van der Waals surface area contributed by atoms with Crippen molar-refractivity contribution in [2.75, 3.05) is 11.9 Å². The molecule has 0 aliphatic carbocycles. The lowest BCUT2D eigenvalue weighted by atomic mass is 10.1. The average molecular weight is 321 g/mol. The predicted octanol–water partition coefficient (Wildman–Crippen LogP) is 4.96. The number of hydrogen-bond donors (Lipinski definition) is 1. The Labute approximate surface area is 117 Å². The zero-order valence-electron chi connectivity index (χ0n) is 10.7. The maximum Gasteiger partial charge on any atom is 0.156 e. The first kappa shape index (κ1) is 14.7. The van der Waals surface area contributed by atoms with Gasteiger partial charge in [-0.1, -0.05) is 25.4 Å². The number of benzene rings is 1. The van der Waals surface area contributed by atoms with Crippen molar-refractivity contribution in [3.63, 3.8) is 0 Å². The zero-order chi connectivity index (χ0) is 13.0. The molecule has 1 N–H and O–H groups in total. The van der Waals surface area contributed by atoms with Gasteiger partial charge in [0.25, 0.3) is 0 Å². The number of rotatable bonds is 5. The van der Waals surface area contributed by atoms with Crippen LogP contribution >= 0.6 is 27.5 Å². The van der Waals surface area contributed by atoms with E-state index in [1.807, 2.05) is 19.1 Å². The van der Waals surface area contributed by atoms with E-state index in [9.17, 15) is 0 Å². The molecule has 0 amide bonds. The van der Waals surface area contributed by atoms with Crippen molar-refractivity contribution in [3.05, 3.63) is 21.6 Å². The van der Waals surface area contributed by atoms with Crippen LogP contribution in [-0.4, -0.2) is 12.6 Å². The Kier molecular flexibility index (Phi) is 5.60. The summed E-state index contributed by atoms with van der Waals surface area (Å²) in [5.74, 6) is 1.37. The molecule has 0 radical (unpaired) electrons. The quantitative estimate of drug-likeness (QED) is 0.828. The van der Waals surface area contributed by atoms with Crippen molar-refractivity contribution >= 4 is 33.2 Å². The topological polar surface area (TPSA) is 21.3 Å². The number of nitrogens with one attached hydrogen (secondary N) is 1. The fourth-order valence-corrected chi connectivity index (χ4v) is 2.30. The normalized spacial score (nSPS) is 12.6. The Bertz CT molecular complexity index is 382. The highest BCUT2D eigenvalue weighted by molar-refractivity contribution is 9.10. The Balaban J connectivity index is 3.03. The molecule has 17 heavy (non-hydrogen) atoms. The van der Waals surface area contributed by atoms with Gasteiger partial charge in [-0.2, -0.15) is 0 Å². The monoisotopic (exact) mass is 319 g/mol. The SMILES string of the molecule is CCOc1c(Br)cc(Cl)cc1NC(C)C(C)C. The standard InChI is InChI=1S/C13H19BrClNO/c1-5-17-13-11(14)6-10(15)7-12(13)16-9(4)8(2)3/h6-9,16H,5H2,1-4H3. The summed E-state index contributed by atoms with van der Waals surface area (Å²) in [4.78, 5) is 0. The largest absolute Gasteiger partial charge is 0.491 e. The Hall–Kier alpha value is -0.410. The first-order valence-corrected chi connectivity index (χ1v) is 7.01. The van der Waals surface area contributed by atoms with Gasteiger partial charge in [0.2, 0.25) is 0 Å². The van der Waals surface area contributed by atoms with E-state index in [-0.39, 0.29) is 0 Å². The van der Waals surface area contributed by atoms with Crippen LogP contribution in [0.15, 0.2) is 16.6 Å². The third-order valence-electron chi connectivity index (χ3n) is 2.68. The maximum absolute atomic E-state index is 6.06. The average Bonchev–Trinajstić information content (AvgIpc) is 2.22. The van der Waals surface area contributed by atoms with Gasteiger partial charge in [-0.15, -0.1) is 0 Å². The van der Waals surface area contributed by atoms with E-state index in [2.05, 4.69) is 42.0 Å². The van der Waals surface area contributed by atoms with Gasteiger partial charge in [0.1, 0.15) is 0 Å². The van der Waals surface area contributed by atoms with E-state index in [1.54, 1.807) is 0 Å². The minimum absolute atomic E-state index is 0.361. The molecule has 0 bridgehead atoms. The van der Waals surface area contributed by atoms with Crippen molar-refractivity contribution in [1.29, 1.82) is 0 Å². The predicted molar refractivity (Wildman–Crippen MR) is 78.2 cm³/mol. The van der Waals surface area contributed by atoms with Crippen LogP contribution in [0.4, 0.5) is 5.69 Å². The summed E-state index contributed by atoms with van der Waals surface area (Å²) in [7, 11) is 0. The van der Waals surface area contributed by atoms with Gasteiger partial charge in [-0.25, -0.2) is 0 Å². The molecule has 0 aliphatic rings. The summed E-state index contributed by atoms with van der Waals surface area (Å²) < 4.78 is 6.52. The molecule has 1 rings (SSSR count). The van der Waals surface area contributed by atoms with Gasteiger partial charge < -0.3 is 10.1 Å². The van der Waals surface area contributed by atoms with Gasteiger partial charge in [-0.05, 0) is 47.8 Å². The van der Waals surface area contributed by atoms with E-state index in [4.69, 9.17) is 16.3 Å². The van der Waals surface area contributed by atoms with Gasteiger partial charge in [0, 0.05) is 11.1 Å². The molecular weight excluding hydrogens is 302 g/mol. The minimum Gasteiger partial charge on any atom is -0.491 e. The molecule has 96 valence electrons. The van der Waals surface area contributed by atoms with Crippen LogP contribution in [0.25, 0.3) is 0 Å². The van der Waals surface area contributed by atoms with Crippen molar-refractivity contribution in [3.8, 4) is 5.75 Å². The summed E-state index contributed by atoms with van der Waals surface area (Å²) in [5, 5.41) is 4.13. The molecule has 2 nitrogen and oxygen atoms in total. The van der Waals surface area contributed by atoms with Crippen LogP contribution in [0.1, 0.15) is 27.7 Å². The van der Waals surface area contributed by atoms with Crippen LogP contribution in [-0.2, 0) is 0 Å². The molecule has 0 spiro atoms. The van der Waals surface area contributed by atoms with E-state index in [1.165, 1.54) is 0 Å². The van der Waals surface area contributed by atoms with Crippen molar-refractivity contribution < 1.29 is 4.74 Å². The van der Waals surface area contributed by atoms with Gasteiger partial charge in [0.15, 0.2) is 5.75 Å². The highest BCUT2D eigenvalue weighted by atomic mass is 79.9. The van der Waals surface area contributed by atoms with E-state index in [0.717, 1.165) is 15.9 Å². The number of ether oxygens (including phenoxy) is 1. The molecule has 1 aromatic carbocycles. The van der Waals surface area contributed by atoms with Crippen molar-refractivity contribution in [1.82, 2.24) is 0 Å². The molecule has 4 heteroatoms. The van der Waals surface area contributed by atoms with E-state index >= 15 is 0 Å². The summed E-state index contributed by atoms with van der Waals surface area (Å²) in [6.07, 6.45) is 0. The molecule has 0 fully saturated rings. The molecule has 1 unspecified atom stereocenters. The summed E-state index contributed by atoms with van der Waals surface area (Å²) in [6, 6.07) is 4.10. The minimum atomic E-state index is 0.361. The third kappa shape index (κ3) is 4.07. The Morgan fingerprint density at radius 3 is 2.53 bits per heavy atom. The lowest BCUT2D eigenvalue weighted by Crippen LogP contribution is -2.22. The second-order valence-corrected chi connectivity index (χ2v) is 5.67. The molecular formula is C13H19BrClNO. The number of halogens is 2. The summed E-state index contributed by atoms with van der Waals surface area (Å²) >= 11 is 9.54. The van der Waals surface area contributed by atoms with Gasteiger partial charge in [-0.3, -0.25) is 0 Å². The van der Waals surface area contributed by atoms with Gasteiger partial charge >= 0.3 is 0 Å². The number of anilines is 1. The lowest BCUT2D eigenvalue weighted by Gasteiger charge is -2.21. The molecule has 0 aliphatic heterocycles. The summed E-state index contributed by atoms with van der Waals surface area (Å²) in [5.41, 5.74) is 0.937. The maximum atomic E-state index is 6.06.